The van der Waals surface area contributed by atoms with Crippen molar-refractivity contribution in [3.8, 4) is 0 Å². The fourth-order valence-electron chi connectivity index (χ4n) is 2.90. The van der Waals surface area contributed by atoms with E-state index in [1.807, 2.05) is 0 Å². The van der Waals surface area contributed by atoms with Gasteiger partial charge in [0.2, 0.25) is 0 Å². The van der Waals surface area contributed by atoms with Crippen LogP contribution in [0, 0.1) is 11.3 Å². The Kier molecular flexibility index (Phi) is 5.67. The van der Waals surface area contributed by atoms with Crippen LogP contribution < -0.4 is 5.32 Å². The van der Waals surface area contributed by atoms with Crippen LogP contribution in [0.15, 0.2) is 0 Å². The minimum atomic E-state index is 0.237. The van der Waals surface area contributed by atoms with Gasteiger partial charge in [0.05, 0.1) is 0 Å². The van der Waals surface area contributed by atoms with Gasteiger partial charge in [-0.1, -0.05) is 26.7 Å². The standard InChI is InChI=1S/C16H34N2/c1-7-18(6)13-16(12-17-15(3,4)5)10-8-14(2)9-11-16/h14,17H,7-13H2,1-6H3. The average Bonchev–Trinajstić information content (AvgIpc) is 2.29. The molecule has 0 atom stereocenters. The highest BCUT2D eigenvalue weighted by Crippen LogP contribution is 2.39. The lowest BCUT2D eigenvalue weighted by atomic mass is 9.70. The Labute approximate surface area is 115 Å². The van der Waals surface area contributed by atoms with E-state index in [0.717, 1.165) is 12.5 Å². The van der Waals surface area contributed by atoms with Gasteiger partial charge in [0.25, 0.3) is 0 Å². The maximum Gasteiger partial charge on any atom is 0.00967 e. The van der Waals surface area contributed by atoms with E-state index in [1.54, 1.807) is 0 Å². The predicted octanol–water partition coefficient (Wildman–Crippen LogP) is 3.52. The fourth-order valence-corrected chi connectivity index (χ4v) is 2.90. The number of nitrogens with one attached hydrogen (secondary N) is 1. The topological polar surface area (TPSA) is 15.3 Å². The van der Waals surface area contributed by atoms with Crippen molar-refractivity contribution in [2.45, 2.75) is 65.8 Å². The molecule has 0 spiro atoms. The summed E-state index contributed by atoms with van der Waals surface area (Å²) in [6.45, 7) is 15.1. The molecule has 18 heavy (non-hydrogen) atoms. The summed E-state index contributed by atoms with van der Waals surface area (Å²) in [6.07, 6.45) is 5.59. The third-order valence-electron chi connectivity index (χ3n) is 4.47. The summed E-state index contributed by atoms with van der Waals surface area (Å²) < 4.78 is 0. The number of hydrogen-bond donors (Lipinski definition) is 1. The van der Waals surface area contributed by atoms with Crippen molar-refractivity contribution in [2.24, 2.45) is 11.3 Å². The van der Waals surface area contributed by atoms with E-state index in [-0.39, 0.29) is 5.54 Å². The number of hydrogen-bond acceptors (Lipinski definition) is 2. The van der Waals surface area contributed by atoms with Gasteiger partial charge in [-0.05, 0) is 58.5 Å². The van der Waals surface area contributed by atoms with Crippen molar-refractivity contribution in [1.82, 2.24) is 10.2 Å². The Morgan fingerprint density at radius 2 is 1.78 bits per heavy atom. The molecule has 0 aromatic carbocycles. The smallest absolute Gasteiger partial charge is 0.00967 e. The number of nitrogens with zero attached hydrogens (tertiary/aromatic N) is 1. The van der Waals surface area contributed by atoms with Crippen LogP contribution in [0.1, 0.15) is 60.3 Å². The zero-order valence-electron chi connectivity index (χ0n) is 13.5. The Hall–Kier alpha value is -0.0800. The first-order valence-corrected chi connectivity index (χ1v) is 7.70. The molecule has 108 valence electrons. The molecular formula is C16H34N2. The van der Waals surface area contributed by atoms with Crippen LogP contribution in [-0.4, -0.2) is 37.1 Å². The second-order valence-corrected chi connectivity index (χ2v) is 7.62. The van der Waals surface area contributed by atoms with E-state index in [2.05, 4.69) is 51.9 Å². The van der Waals surface area contributed by atoms with Gasteiger partial charge in [0.15, 0.2) is 0 Å². The first-order valence-electron chi connectivity index (χ1n) is 7.70. The SMILES string of the molecule is CCN(C)CC1(CNC(C)(C)C)CCC(C)CC1. The Morgan fingerprint density at radius 3 is 2.22 bits per heavy atom. The van der Waals surface area contributed by atoms with Gasteiger partial charge in [-0.25, -0.2) is 0 Å². The van der Waals surface area contributed by atoms with Crippen molar-refractivity contribution in [3.05, 3.63) is 0 Å². The zero-order chi connectivity index (χ0) is 13.8. The molecule has 0 radical (unpaired) electrons. The fraction of sp³-hybridized carbons (Fsp3) is 1.00. The monoisotopic (exact) mass is 254 g/mol. The molecule has 0 aromatic rings. The van der Waals surface area contributed by atoms with E-state index in [4.69, 9.17) is 0 Å². The molecule has 1 fully saturated rings. The zero-order valence-corrected chi connectivity index (χ0v) is 13.5. The van der Waals surface area contributed by atoms with Gasteiger partial charge in [-0.2, -0.15) is 0 Å². The van der Waals surface area contributed by atoms with E-state index in [1.165, 1.54) is 38.8 Å². The summed E-state index contributed by atoms with van der Waals surface area (Å²) in [5, 5.41) is 3.75. The van der Waals surface area contributed by atoms with E-state index in [0.29, 0.717) is 5.41 Å². The van der Waals surface area contributed by atoms with E-state index >= 15 is 0 Å². The van der Waals surface area contributed by atoms with Crippen LogP contribution in [0.3, 0.4) is 0 Å². The third-order valence-corrected chi connectivity index (χ3v) is 4.47. The first kappa shape index (κ1) is 16.0. The van der Waals surface area contributed by atoms with E-state index in [9.17, 15) is 0 Å². The number of rotatable bonds is 5. The Bertz CT molecular complexity index is 234. The summed E-state index contributed by atoms with van der Waals surface area (Å²) in [5.41, 5.74) is 0.741. The largest absolute Gasteiger partial charge is 0.311 e. The molecule has 0 unspecified atom stereocenters. The lowest BCUT2D eigenvalue weighted by Gasteiger charge is -2.43. The van der Waals surface area contributed by atoms with Gasteiger partial charge in [-0.3, -0.25) is 0 Å². The van der Waals surface area contributed by atoms with Crippen LogP contribution in [0.2, 0.25) is 0 Å². The summed E-state index contributed by atoms with van der Waals surface area (Å²) >= 11 is 0. The highest BCUT2D eigenvalue weighted by molar-refractivity contribution is 4.90. The van der Waals surface area contributed by atoms with E-state index < -0.39 is 0 Å². The molecule has 0 amide bonds. The molecular weight excluding hydrogens is 220 g/mol. The lowest BCUT2D eigenvalue weighted by molar-refractivity contribution is 0.0936. The summed E-state index contributed by atoms with van der Waals surface area (Å²) in [6, 6.07) is 0. The highest BCUT2D eigenvalue weighted by Gasteiger charge is 2.35. The summed E-state index contributed by atoms with van der Waals surface area (Å²) in [7, 11) is 2.26. The summed E-state index contributed by atoms with van der Waals surface area (Å²) in [5.74, 6) is 0.930. The molecule has 2 nitrogen and oxygen atoms in total. The van der Waals surface area contributed by atoms with Crippen LogP contribution in [0.25, 0.3) is 0 Å². The molecule has 0 bridgehead atoms. The predicted molar refractivity (Wildman–Crippen MR) is 81.0 cm³/mol. The maximum atomic E-state index is 3.75. The van der Waals surface area contributed by atoms with Gasteiger partial charge < -0.3 is 10.2 Å². The van der Waals surface area contributed by atoms with Crippen molar-refractivity contribution in [2.75, 3.05) is 26.7 Å². The van der Waals surface area contributed by atoms with Crippen LogP contribution in [0.5, 0.6) is 0 Å². The molecule has 1 saturated carbocycles. The minimum Gasteiger partial charge on any atom is -0.311 e. The molecule has 0 saturated heterocycles. The summed E-state index contributed by atoms with van der Waals surface area (Å²) in [4.78, 5) is 2.49. The molecule has 1 aliphatic carbocycles. The Balaban J connectivity index is 2.62. The van der Waals surface area contributed by atoms with Gasteiger partial charge in [0.1, 0.15) is 0 Å². The molecule has 0 aromatic heterocycles. The highest BCUT2D eigenvalue weighted by atomic mass is 15.1. The maximum absolute atomic E-state index is 3.75. The first-order chi connectivity index (χ1) is 8.26. The van der Waals surface area contributed by atoms with Gasteiger partial charge in [-0.15, -0.1) is 0 Å². The average molecular weight is 254 g/mol. The van der Waals surface area contributed by atoms with Gasteiger partial charge >= 0.3 is 0 Å². The molecule has 2 heteroatoms. The van der Waals surface area contributed by atoms with Crippen molar-refractivity contribution in [3.63, 3.8) is 0 Å². The van der Waals surface area contributed by atoms with Crippen LogP contribution in [0.4, 0.5) is 0 Å². The Morgan fingerprint density at radius 1 is 1.22 bits per heavy atom. The van der Waals surface area contributed by atoms with Crippen LogP contribution in [-0.2, 0) is 0 Å². The second kappa shape index (κ2) is 6.38. The van der Waals surface area contributed by atoms with Crippen LogP contribution >= 0.6 is 0 Å². The van der Waals surface area contributed by atoms with Crippen molar-refractivity contribution >= 4 is 0 Å². The lowest BCUT2D eigenvalue weighted by Crippen LogP contribution is -2.49. The molecule has 0 aliphatic heterocycles. The van der Waals surface area contributed by atoms with Crippen molar-refractivity contribution in [1.29, 1.82) is 0 Å². The molecule has 1 N–H and O–H groups in total. The molecule has 1 aliphatic rings. The van der Waals surface area contributed by atoms with Crippen molar-refractivity contribution < 1.29 is 0 Å². The molecule has 0 heterocycles. The quantitative estimate of drug-likeness (QED) is 0.807. The molecule has 1 rings (SSSR count). The third kappa shape index (κ3) is 5.27. The second-order valence-electron chi connectivity index (χ2n) is 7.62. The van der Waals surface area contributed by atoms with Gasteiger partial charge in [0, 0.05) is 18.6 Å². The normalized spacial score (nSPS) is 29.8. The minimum absolute atomic E-state index is 0.237.